The van der Waals surface area contributed by atoms with E-state index in [2.05, 4.69) is 20.7 Å². The van der Waals surface area contributed by atoms with Crippen LogP contribution in [0.25, 0.3) is 0 Å². The molecule has 1 aliphatic rings. The lowest BCUT2D eigenvalue weighted by Gasteiger charge is -2.17. The first-order valence-corrected chi connectivity index (χ1v) is 5.23. The highest BCUT2D eigenvalue weighted by Gasteiger charge is 2.40. The van der Waals surface area contributed by atoms with Crippen molar-refractivity contribution in [3.63, 3.8) is 0 Å². The summed E-state index contributed by atoms with van der Waals surface area (Å²) in [5, 5.41) is 19.0. The third kappa shape index (κ3) is 2.61. The van der Waals surface area contributed by atoms with Gasteiger partial charge in [0.25, 0.3) is 0 Å². The van der Waals surface area contributed by atoms with Crippen LogP contribution in [-0.2, 0) is 19.0 Å². The van der Waals surface area contributed by atoms with Crippen LogP contribution in [0.1, 0.15) is 0 Å². The van der Waals surface area contributed by atoms with Crippen molar-refractivity contribution in [1.29, 1.82) is 0 Å². The summed E-state index contributed by atoms with van der Waals surface area (Å²) in [5.74, 6) is -1.64. The molecular weight excluding hydrogens is 272 g/mol. The topological polar surface area (TPSA) is 85.2 Å². The fraction of sp³-hybridized carbons (Fsp3) is 0.625. The van der Waals surface area contributed by atoms with Crippen LogP contribution in [0, 0.1) is 0 Å². The van der Waals surface area contributed by atoms with Crippen molar-refractivity contribution in [2.24, 2.45) is 0 Å². The molecule has 6 nitrogen and oxygen atoms in total. The van der Waals surface area contributed by atoms with Crippen molar-refractivity contribution in [2.75, 3.05) is 19.2 Å². The smallest absolute Gasteiger partial charge is 0.378 e. The molecular formula is C8H11BrO6. The molecule has 0 aromatic carbocycles. The average Bonchev–Trinajstić information content (AvgIpc) is 2.52. The van der Waals surface area contributed by atoms with Crippen LogP contribution in [0.2, 0.25) is 0 Å². The highest BCUT2D eigenvalue weighted by atomic mass is 79.9. The van der Waals surface area contributed by atoms with Crippen LogP contribution in [-0.4, -0.2) is 47.6 Å². The Hall–Kier alpha value is -0.790. The Balaban J connectivity index is 2.77. The number of ether oxygens (including phenoxy) is 3. The Labute approximate surface area is 94.6 Å². The molecule has 2 N–H and O–H groups in total. The maximum Gasteiger partial charge on any atom is 0.378 e. The van der Waals surface area contributed by atoms with Crippen LogP contribution in [0.3, 0.4) is 0 Å². The zero-order valence-electron chi connectivity index (χ0n) is 7.97. The second-order valence-corrected chi connectivity index (χ2v) is 3.46. The van der Waals surface area contributed by atoms with E-state index in [0.717, 1.165) is 0 Å². The molecule has 0 bridgehead atoms. The zero-order valence-corrected chi connectivity index (χ0v) is 9.56. The Morgan fingerprint density at radius 1 is 1.67 bits per heavy atom. The summed E-state index contributed by atoms with van der Waals surface area (Å²) in [6, 6.07) is 0. The number of rotatable bonds is 5. The van der Waals surface area contributed by atoms with Gasteiger partial charge in [0.1, 0.15) is 6.10 Å². The highest BCUT2D eigenvalue weighted by molar-refractivity contribution is 9.09. The van der Waals surface area contributed by atoms with E-state index >= 15 is 0 Å². The molecule has 1 aliphatic heterocycles. The minimum absolute atomic E-state index is 0.103. The number of alkyl halides is 1. The van der Waals surface area contributed by atoms with E-state index in [-0.39, 0.29) is 17.9 Å². The van der Waals surface area contributed by atoms with Crippen molar-refractivity contribution >= 4 is 21.9 Å². The first-order valence-electron chi connectivity index (χ1n) is 4.11. The molecule has 1 heterocycles. The summed E-state index contributed by atoms with van der Waals surface area (Å²) in [6.07, 6.45) is -1.97. The maximum absolute atomic E-state index is 11.0. The van der Waals surface area contributed by atoms with Gasteiger partial charge in [0.15, 0.2) is 18.7 Å². The van der Waals surface area contributed by atoms with Gasteiger partial charge in [-0.05, 0) is 0 Å². The summed E-state index contributed by atoms with van der Waals surface area (Å²) < 4.78 is 14.3. The van der Waals surface area contributed by atoms with Gasteiger partial charge in [-0.2, -0.15) is 0 Å². The van der Waals surface area contributed by atoms with Crippen molar-refractivity contribution in [3.05, 3.63) is 11.5 Å². The standard InChI is InChI=1S/C8H11BrO6/c1-13-3-14-7-5(11)8(12)15-6(7)4(10)2-9/h4,6,10-11H,2-3H2,1H3/t4-,6-/m1/s1. The third-order valence-electron chi connectivity index (χ3n) is 1.76. The lowest BCUT2D eigenvalue weighted by molar-refractivity contribution is -0.146. The molecule has 0 aliphatic carbocycles. The number of cyclic esters (lactones) is 1. The van der Waals surface area contributed by atoms with E-state index in [1.807, 2.05) is 0 Å². The fourth-order valence-corrected chi connectivity index (χ4v) is 1.41. The van der Waals surface area contributed by atoms with E-state index < -0.39 is 23.9 Å². The van der Waals surface area contributed by atoms with E-state index in [4.69, 9.17) is 9.47 Å². The Bertz CT molecular complexity index is 276. The average molecular weight is 283 g/mol. The van der Waals surface area contributed by atoms with Crippen molar-refractivity contribution < 1.29 is 29.2 Å². The van der Waals surface area contributed by atoms with Crippen LogP contribution < -0.4 is 0 Å². The number of methoxy groups -OCH3 is 1. The number of halogens is 1. The molecule has 0 fully saturated rings. The maximum atomic E-state index is 11.0. The number of esters is 1. The zero-order chi connectivity index (χ0) is 11.4. The first kappa shape index (κ1) is 12.3. The van der Waals surface area contributed by atoms with Gasteiger partial charge in [0, 0.05) is 12.4 Å². The van der Waals surface area contributed by atoms with Gasteiger partial charge in [-0.3, -0.25) is 0 Å². The monoisotopic (exact) mass is 282 g/mol. The van der Waals surface area contributed by atoms with Crippen molar-refractivity contribution in [3.8, 4) is 0 Å². The molecule has 0 spiro atoms. The van der Waals surface area contributed by atoms with Gasteiger partial charge in [-0.15, -0.1) is 0 Å². The van der Waals surface area contributed by atoms with Crippen LogP contribution in [0.4, 0.5) is 0 Å². The summed E-state index contributed by atoms with van der Waals surface area (Å²) in [7, 11) is 1.39. The van der Waals surface area contributed by atoms with Gasteiger partial charge < -0.3 is 24.4 Å². The minimum atomic E-state index is -0.993. The molecule has 0 saturated carbocycles. The van der Waals surface area contributed by atoms with Crippen LogP contribution in [0.5, 0.6) is 0 Å². The summed E-state index contributed by atoms with van der Waals surface area (Å²) in [4.78, 5) is 11.0. The van der Waals surface area contributed by atoms with Gasteiger partial charge in [-0.25, -0.2) is 4.79 Å². The van der Waals surface area contributed by atoms with Crippen LogP contribution in [0.15, 0.2) is 11.5 Å². The second kappa shape index (κ2) is 5.34. The number of carbonyl (C=O) groups excluding carboxylic acids is 1. The minimum Gasteiger partial charge on any atom is -0.499 e. The molecule has 86 valence electrons. The molecule has 0 amide bonds. The largest absolute Gasteiger partial charge is 0.499 e. The SMILES string of the molecule is COCOC1=C(O)C(=O)O[C@@H]1[C@H](O)CBr. The van der Waals surface area contributed by atoms with Gasteiger partial charge in [-0.1, -0.05) is 15.9 Å². The fourth-order valence-electron chi connectivity index (χ4n) is 1.07. The quantitative estimate of drug-likeness (QED) is 0.421. The Morgan fingerprint density at radius 2 is 2.33 bits per heavy atom. The molecule has 0 unspecified atom stereocenters. The predicted molar refractivity (Wildman–Crippen MR) is 52.3 cm³/mol. The molecule has 15 heavy (non-hydrogen) atoms. The number of carbonyl (C=O) groups is 1. The Kier molecular flexibility index (Phi) is 4.37. The number of aliphatic hydroxyl groups excluding tert-OH is 2. The Morgan fingerprint density at radius 3 is 2.87 bits per heavy atom. The molecule has 0 saturated heterocycles. The lowest BCUT2D eigenvalue weighted by Crippen LogP contribution is -2.30. The van der Waals surface area contributed by atoms with Crippen molar-refractivity contribution in [2.45, 2.75) is 12.2 Å². The van der Waals surface area contributed by atoms with E-state index in [1.165, 1.54) is 7.11 Å². The number of hydrogen-bond donors (Lipinski definition) is 2. The first-order chi connectivity index (χ1) is 7.11. The highest BCUT2D eigenvalue weighted by Crippen LogP contribution is 2.25. The normalized spacial score (nSPS) is 22.9. The number of hydrogen-bond acceptors (Lipinski definition) is 6. The van der Waals surface area contributed by atoms with Gasteiger partial charge in [0.05, 0.1) is 0 Å². The predicted octanol–water partition coefficient (Wildman–Crippen LogP) is 0.0577. The molecule has 1 rings (SSSR count). The molecule has 0 aromatic heterocycles. The third-order valence-corrected chi connectivity index (χ3v) is 2.42. The second-order valence-electron chi connectivity index (χ2n) is 2.81. The van der Waals surface area contributed by atoms with E-state index in [1.54, 1.807) is 0 Å². The van der Waals surface area contributed by atoms with Crippen molar-refractivity contribution in [1.82, 2.24) is 0 Å². The van der Waals surface area contributed by atoms with Gasteiger partial charge in [0.2, 0.25) is 5.76 Å². The summed E-state index contributed by atoms with van der Waals surface area (Å²) in [6.45, 7) is -0.137. The lowest BCUT2D eigenvalue weighted by atomic mass is 10.2. The van der Waals surface area contributed by atoms with Gasteiger partial charge >= 0.3 is 5.97 Å². The molecule has 2 atom stereocenters. The molecule has 0 radical (unpaired) electrons. The molecule has 0 aromatic rings. The number of aliphatic hydroxyl groups is 2. The van der Waals surface area contributed by atoms with E-state index in [0.29, 0.717) is 0 Å². The van der Waals surface area contributed by atoms with Crippen LogP contribution >= 0.6 is 15.9 Å². The summed E-state index contributed by atoms with van der Waals surface area (Å²) in [5.41, 5.74) is 0. The molecule has 7 heteroatoms. The van der Waals surface area contributed by atoms with E-state index in [9.17, 15) is 15.0 Å². The summed E-state index contributed by atoms with van der Waals surface area (Å²) >= 11 is 3.03.